The van der Waals surface area contributed by atoms with Gasteiger partial charge in [-0.15, -0.1) is 0 Å². The molecule has 0 radical (unpaired) electrons. The van der Waals surface area contributed by atoms with Gasteiger partial charge in [0.2, 0.25) is 5.89 Å². The molecule has 0 aliphatic carbocycles. The summed E-state index contributed by atoms with van der Waals surface area (Å²) >= 11 is 0. The first-order valence-corrected chi connectivity index (χ1v) is 4.68. The largest absolute Gasteiger partial charge is 0.481 e. The van der Waals surface area contributed by atoms with E-state index in [0.717, 1.165) is 0 Å². The molecule has 1 aromatic rings. The van der Waals surface area contributed by atoms with Crippen LogP contribution in [0.25, 0.3) is 0 Å². The summed E-state index contributed by atoms with van der Waals surface area (Å²) in [5.41, 5.74) is 0. The van der Waals surface area contributed by atoms with Crippen molar-refractivity contribution in [2.24, 2.45) is 0 Å². The maximum absolute atomic E-state index is 10.3. The second-order valence-electron chi connectivity index (χ2n) is 3.25. The molecule has 1 atom stereocenters. The lowest BCUT2D eigenvalue weighted by molar-refractivity contribution is -0.137. The second kappa shape index (κ2) is 5.45. The molecule has 0 aliphatic heterocycles. The SMILES string of the molecule is COC(C)Cc1noc(CCC(=O)O)n1. The number of aryl methyl sites for hydroxylation is 1. The number of ether oxygens (including phenoxy) is 1. The first kappa shape index (κ1) is 11.6. The number of methoxy groups -OCH3 is 1. The molecule has 0 fully saturated rings. The minimum Gasteiger partial charge on any atom is -0.481 e. The Labute approximate surface area is 87.2 Å². The Morgan fingerprint density at radius 1 is 1.67 bits per heavy atom. The molecular formula is C9H14N2O4. The average molecular weight is 214 g/mol. The van der Waals surface area contributed by atoms with Gasteiger partial charge in [-0.1, -0.05) is 5.16 Å². The third-order valence-corrected chi connectivity index (χ3v) is 1.94. The molecule has 1 rings (SSSR count). The van der Waals surface area contributed by atoms with E-state index in [4.69, 9.17) is 14.4 Å². The first-order valence-electron chi connectivity index (χ1n) is 4.68. The smallest absolute Gasteiger partial charge is 0.303 e. The van der Waals surface area contributed by atoms with Crippen LogP contribution in [-0.2, 0) is 22.4 Å². The van der Waals surface area contributed by atoms with Crippen LogP contribution in [0.15, 0.2) is 4.52 Å². The first-order chi connectivity index (χ1) is 7.11. The number of rotatable bonds is 6. The van der Waals surface area contributed by atoms with Crippen molar-refractivity contribution in [2.75, 3.05) is 7.11 Å². The summed E-state index contributed by atoms with van der Waals surface area (Å²) in [4.78, 5) is 14.3. The van der Waals surface area contributed by atoms with Crippen molar-refractivity contribution >= 4 is 5.97 Å². The summed E-state index contributed by atoms with van der Waals surface area (Å²) in [5.74, 6) is 0.0282. The lowest BCUT2D eigenvalue weighted by Crippen LogP contribution is -2.09. The van der Waals surface area contributed by atoms with Crippen LogP contribution in [0.4, 0.5) is 0 Å². The molecule has 1 aromatic heterocycles. The summed E-state index contributed by atoms with van der Waals surface area (Å²) < 4.78 is 9.93. The highest BCUT2D eigenvalue weighted by atomic mass is 16.5. The molecule has 0 bridgehead atoms. The van der Waals surface area contributed by atoms with Gasteiger partial charge in [-0.25, -0.2) is 0 Å². The van der Waals surface area contributed by atoms with E-state index in [0.29, 0.717) is 18.1 Å². The molecule has 1 N–H and O–H groups in total. The van der Waals surface area contributed by atoms with Gasteiger partial charge in [0.05, 0.1) is 12.5 Å². The van der Waals surface area contributed by atoms with Crippen LogP contribution < -0.4 is 0 Å². The monoisotopic (exact) mass is 214 g/mol. The molecule has 6 nitrogen and oxygen atoms in total. The van der Waals surface area contributed by atoms with Crippen molar-refractivity contribution < 1.29 is 19.2 Å². The fourth-order valence-corrected chi connectivity index (χ4v) is 1.03. The summed E-state index contributed by atoms with van der Waals surface area (Å²) in [6.45, 7) is 1.90. The third kappa shape index (κ3) is 4.07. The van der Waals surface area contributed by atoms with Crippen LogP contribution in [0.1, 0.15) is 25.1 Å². The Bertz CT molecular complexity index is 324. The molecule has 0 saturated heterocycles. The van der Waals surface area contributed by atoms with E-state index in [1.54, 1.807) is 7.11 Å². The predicted octanol–water partition coefficient (Wildman–Crippen LogP) is 0.664. The Balaban J connectivity index is 2.45. The van der Waals surface area contributed by atoms with Gasteiger partial charge in [-0.2, -0.15) is 4.98 Å². The van der Waals surface area contributed by atoms with Gasteiger partial charge >= 0.3 is 5.97 Å². The number of carbonyl (C=O) groups is 1. The highest BCUT2D eigenvalue weighted by molar-refractivity contribution is 5.66. The fourth-order valence-electron chi connectivity index (χ4n) is 1.03. The molecular weight excluding hydrogens is 200 g/mol. The number of aliphatic carboxylic acids is 1. The maximum Gasteiger partial charge on any atom is 0.303 e. The zero-order chi connectivity index (χ0) is 11.3. The molecule has 0 aromatic carbocycles. The molecule has 0 amide bonds. The molecule has 1 unspecified atom stereocenters. The van der Waals surface area contributed by atoms with Crippen LogP contribution in [0.3, 0.4) is 0 Å². The number of carboxylic acids is 1. The van der Waals surface area contributed by atoms with Crippen molar-refractivity contribution in [1.29, 1.82) is 0 Å². The standard InChI is InChI=1S/C9H14N2O4/c1-6(14-2)5-7-10-8(15-11-7)3-4-9(12)13/h6H,3-5H2,1-2H3,(H,12,13). The van der Waals surface area contributed by atoms with Crippen molar-refractivity contribution in [1.82, 2.24) is 10.1 Å². The van der Waals surface area contributed by atoms with Gasteiger partial charge in [0, 0.05) is 20.0 Å². The highest BCUT2D eigenvalue weighted by Gasteiger charge is 2.10. The van der Waals surface area contributed by atoms with E-state index >= 15 is 0 Å². The van der Waals surface area contributed by atoms with Crippen molar-refractivity contribution in [2.45, 2.75) is 32.3 Å². The minimum atomic E-state index is -0.875. The van der Waals surface area contributed by atoms with Gasteiger partial charge in [0.1, 0.15) is 0 Å². The van der Waals surface area contributed by atoms with Gasteiger partial charge in [0.25, 0.3) is 0 Å². The van der Waals surface area contributed by atoms with Crippen molar-refractivity contribution in [3.05, 3.63) is 11.7 Å². The minimum absolute atomic E-state index is 0.00145. The summed E-state index contributed by atoms with van der Waals surface area (Å²) in [7, 11) is 1.61. The maximum atomic E-state index is 10.3. The van der Waals surface area contributed by atoms with Crippen LogP contribution in [0, 0.1) is 0 Å². The number of hydrogen-bond donors (Lipinski definition) is 1. The summed E-state index contributed by atoms with van der Waals surface area (Å²) in [5, 5.41) is 12.2. The number of hydrogen-bond acceptors (Lipinski definition) is 5. The van der Waals surface area contributed by atoms with Gasteiger partial charge in [-0.05, 0) is 6.92 Å². The van der Waals surface area contributed by atoms with Crippen molar-refractivity contribution in [3.8, 4) is 0 Å². The van der Waals surface area contributed by atoms with Crippen LogP contribution in [-0.4, -0.2) is 34.4 Å². The summed E-state index contributed by atoms with van der Waals surface area (Å²) in [6, 6.07) is 0. The topological polar surface area (TPSA) is 85.5 Å². The number of nitrogens with zero attached hydrogens (tertiary/aromatic N) is 2. The Morgan fingerprint density at radius 2 is 2.40 bits per heavy atom. The molecule has 0 spiro atoms. The van der Waals surface area contributed by atoms with Gasteiger partial charge < -0.3 is 14.4 Å². The molecule has 84 valence electrons. The molecule has 0 aliphatic rings. The average Bonchev–Trinajstić information content (AvgIpc) is 2.62. The van der Waals surface area contributed by atoms with Crippen LogP contribution in [0.5, 0.6) is 0 Å². The summed E-state index contributed by atoms with van der Waals surface area (Å²) in [6.07, 6.45) is 0.855. The highest BCUT2D eigenvalue weighted by Crippen LogP contribution is 2.04. The normalized spacial score (nSPS) is 12.7. The van der Waals surface area contributed by atoms with E-state index in [1.807, 2.05) is 6.92 Å². The second-order valence-corrected chi connectivity index (χ2v) is 3.25. The number of aromatic nitrogens is 2. The molecule has 1 heterocycles. The Hall–Kier alpha value is -1.43. The van der Waals surface area contributed by atoms with Gasteiger partial charge in [-0.3, -0.25) is 4.79 Å². The lowest BCUT2D eigenvalue weighted by Gasteiger charge is -2.03. The van der Waals surface area contributed by atoms with E-state index in [2.05, 4.69) is 10.1 Å². The molecule has 6 heteroatoms. The van der Waals surface area contributed by atoms with E-state index in [9.17, 15) is 4.79 Å². The fraction of sp³-hybridized carbons (Fsp3) is 0.667. The van der Waals surface area contributed by atoms with E-state index < -0.39 is 5.97 Å². The molecule has 15 heavy (non-hydrogen) atoms. The quantitative estimate of drug-likeness (QED) is 0.748. The zero-order valence-corrected chi connectivity index (χ0v) is 8.77. The van der Waals surface area contributed by atoms with E-state index in [-0.39, 0.29) is 18.9 Å². The predicted molar refractivity (Wildman–Crippen MR) is 50.4 cm³/mol. The number of carboxylic acid groups (broad SMARTS) is 1. The zero-order valence-electron chi connectivity index (χ0n) is 8.77. The van der Waals surface area contributed by atoms with E-state index in [1.165, 1.54) is 0 Å². The molecule has 0 saturated carbocycles. The third-order valence-electron chi connectivity index (χ3n) is 1.94. The van der Waals surface area contributed by atoms with Crippen molar-refractivity contribution in [3.63, 3.8) is 0 Å². The van der Waals surface area contributed by atoms with Crippen LogP contribution >= 0.6 is 0 Å². The van der Waals surface area contributed by atoms with Gasteiger partial charge in [0.15, 0.2) is 5.82 Å². The Morgan fingerprint density at radius 3 is 3.00 bits per heavy atom. The van der Waals surface area contributed by atoms with Crippen LogP contribution in [0.2, 0.25) is 0 Å². The Kier molecular flexibility index (Phi) is 4.23. The lowest BCUT2D eigenvalue weighted by atomic mass is 10.3.